The number of phenols is 1. The molecular weight excluding hydrogens is 432 g/mol. The van der Waals surface area contributed by atoms with E-state index in [0.29, 0.717) is 23.0 Å². The number of nitrogens with zero attached hydrogens (tertiary/aromatic N) is 2. The van der Waals surface area contributed by atoms with Crippen molar-refractivity contribution in [3.05, 3.63) is 73.7 Å². The van der Waals surface area contributed by atoms with Crippen LogP contribution in [0.2, 0.25) is 0 Å². The minimum Gasteiger partial charge on any atom is -0.508 e. The van der Waals surface area contributed by atoms with Gasteiger partial charge in [-0.1, -0.05) is 17.8 Å². The van der Waals surface area contributed by atoms with E-state index < -0.39 is 5.63 Å². The lowest BCUT2D eigenvalue weighted by atomic mass is 9.97. The molecule has 0 unspecified atom stereocenters. The van der Waals surface area contributed by atoms with Crippen LogP contribution in [0.4, 0.5) is 0 Å². The van der Waals surface area contributed by atoms with Crippen molar-refractivity contribution in [2.75, 3.05) is 0 Å². The molecule has 4 aromatic rings. The van der Waals surface area contributed by atoms with E-state index in [1.54, 1.807) is 34.1 Å². The number of aromatic nitrogens is 2. The first-order valence-electron chi connectivity index (χ1n) is 10.1. The SMILES string of the molecule is C=CCn1c(SCc2cc(=O)oc3cc(O)ccc23)nc2sc3c(c2c1=O)CCCC3. The molecule has 1 N–H and O–H groups in total. The second-order valence-electron chi connectivity index (χ2n) is 7.55. The third kappa shape index (κ3) is 3.59. The third-order valence-electron chi connectivity index (χ3n) is 5.52. The smallest absolute Gasteiger partial charge is 0.336 e. The summed E-state index contributed by atoms with van der Waals surface area (Å²) >= 11 is 3.04. The molecule has 0 radical (unpaired) electrons. The van der Waals surface area contributed by atoms with Crippen LogP contribution < -0.4 is 11.2 Å². The van der Waals surface area contributed by atoms with Gasteiger partial charge in [-0.2, -0.15) is 0 Å². The number of thiophene rings is 1. The number of aryl methyl sites for hydroxylation is 2. The van der Waals surface area contributed by atoms with Crippen LogP contribution in [-0.2, 0) is 25.1 Å². The second-order valence-corrected chi connectivity index (χ2v) is 9.58. The topological polar surface area (TPSA) is 85.3 Å². The van der Waals surface area contributed by atoms with E-state index >= 15 is 0 Å². The van der Waals surface area contributed by atoms with Crippen LogP contribution >= 0.6 is 23.1 Å². The average molecular weight is 453 g/mol. The van der Waals surface area contributed by atoms with Crippen LogP contribution in [0.1, 0.15) is 28.8 Å². The largest absolute Gasteiger partial charge is 0.508 e. The minimum atomic E-state index is -0.480. The summed E-state index contributed by atoms with van der Waals surface area (Å²) in [6, 6.07) is 6.17. The molecule has 31 heavy (non-hydrogen) atoms. The molecule has 3 aromatic heterocycles. The zero-order valence-electron chi connectivity index (χ0n) is 16.7. The lowest BCUT2D eigenvalue weighted by molar-refractivity contribution is 0.473. The molecule has 1 aliphatic carbocycles. The van der Waals surface area contributed by atoms with E-state index in [0.717, 1.165) is 46.8 Å². The summed E-state index contributed by atoms with van der Waals surface area (Å²) in [7, 11) is 0. The average Bonchev–Trinajstić information content (AvgIpc) is 3.12. The van der Waals surface area contributed by atoms with Gasteiger partial charge in [0.15, 0.2) is 5.16 Å². The summed E-state index contributed by atoms with van der Waals surface area (Å²) in [6.45, 7) is 4.18. The summed E-state index contributed by atoms with van der Waals surface area (Å²) < 4.78 is 6.88. The van der Waals surface area contributed by atoms with Crippen LogP contribution in [-0.4, -0.2) is 14.7 Å². The van der Waals surface area contributed by atoms with E-state index in [-0.39, 0.29) is 11.3 Å². The summed E-state index contributed by atoms with van der Waals surface area (Å²) in [5, 5.41) is 11.8. The Labute approximate surface area is 185 Å². The zero-order chi connectivity index (χ0) is 21.5. The fourth-order valence-corrected chi connectivity index (χ4v) is 6.40. The highest BCUT2D eigenvalue weighted by Crippen LogP contribution is 2.35. The minimum absolute atomic E-state index is 0.0193. The number of rotatable bonds is 5. The van der Waals surface area contributed by atoms with E-state index in [2.05, 4.69) is 6.58 Å². The van der Waals surface area contributed by atoms with E-state index in [4.69, 9.17) is 9.40 Å². The standard InChI is InChI=1S/C23H20N2O4S2/c1-2-9-25-22(28)20-16-5-3-4-6-18(16)31-21(20)24-23(25)30-12-13-10-19(27)29-17-11-14(26)7-8-15(13)17/h2,7-8,10-11,26H,1,3-6,9,12H2. The maximum absolute atomic E-state index is 13.4. The molecule has 6 nitrogen and oxygen atoms in total. The van der Waals surface area contributed by atoms with Crippen molar-refractivity contribution < 1.29 is 9.52 Å². The summed E-state index contributed by atoms with van der Waals surface area (Å²) in [5.74, 6) is 0.474. The van der Waals surface area contributed by atoms with Gasteiger partial charge in [-0.05, 0) is 48.9 Å². The Morgan fingerprint density at radius 2 is 2.10 bits per heavy atom. The summed E-state index contributed by atoms with van der Waals surface area (Å²) in [4.78, 5) is 32.3. The van der Waals surface area contributed by atoms with Crippen molar-refractivity contribution >= 4 is 44.3 Å². The first kappa shape index (κ1) is 20.1. The Kier molecular flexibility index (Phi) is 5.19. The molecule has 0 saturated carbocycles. The maximum Gasteiger partial charge on any atom is 0.336 e. The fraction of sp³-hybridized carbons (Fsp3) is 0.261. The molecular formula is C23H20N2O4S2. The summed E-state index contributed by atoms with van der Waals surface area (Å²) in [6.07, 6.45) is 5.91. The van der Waals surface area contributed by atoms with Gasteiger partial charge < -0.3 is 9.52 Å². The number of benzene rings is 1. The number of hydrogen-bond donors (Lipinski definition) is 1. The van der Waals surface area contributed by atoms with Gasteiger partial charge in [-0.3, -0.25) is 9.36 Å². The highest BCUT2D eigenvalue weighted by molar-refractivity contribution is 7.98. The van der Waals surface area contributed by atoms with Gasteiger partial charge in [0.2, 0.25) is 0 Å². The molecule has 0 fully saturated rings. The van der Waals surface area contributed by atoms with Gasteiger partial charge in [-0.15, -0.1) is 17.9 Å². The Bertz CT molecular complexity index is 1450. The molecule has 0 amide bonds. The highest BCUT2D eigenvalue weighted by Gasteiger charge is 2.22. The normalized spacial score (nSPS) is 13.5. The lowest BCUT2D eigenvalue weighted by Gasteiger charge is -2.12. The fourth-order valence-electron chi connectivity index (χ4n) is 4.10. The first-order chi connectivity index (χ1) is 15.0. The van der Waals surface area contributed by atoms with E-state index in [1.165, 1.54) is 34.3 Å². The number of hydrogen-bond acceptors (Lipinski definition) is 7. The number of phenolic OH excluding ortho intramolecular Hbond substituents is 1. The molecule has 0 saturated heterocycles. The van der Waals surface area contributed by atoms with Gasteiger partial charge in [0.25, 0.3) is 5.56 Å². The maximum atomic E-state index is 13.4. The monoisotopic (exact) mass is 452 g/mol. The van der Waals surface area contributed by atoms with Gasteiger partial charge >= 0.3 is 5.63 Å². The molecule has 0 spiro atoms. The molecule has 3 heterocycles. The van der Waals surface area contributed by atoms with E-state index in [1.807, 2.05) is 0 Å². The van der Waals surface area contributed by atoms with Crippen molar-refractivity contribution in [1.29, 1.82) is 0 Å². The molecule has 1 aliphatic rings. The lowest BCUT2D eigenvalue weighted by Crippen LogP contribution is -2.23. The quantitative estimate of drug-likeness (QED) is 0.206. The molecule has 158 valence electrons. The first-order valence-corrected chi connectivity index (χ1v) is 11.9. The Morgan fingerprint density at radius 1 is 1.26 bits per heavy atom. The van der Waals surface area contributed by atoms with Gasteiger partial charge in [0.05, 0.1) is 5.39 Å². The van der Waals surface area contributed by atoms with Crippen molar-refractivity contribution in [3.63, 3.8) is 0 Å². The Hall–Kier alpha value is -2.84. The number of aromatic hydroxyl groups is 1. The van der Waals surface area contributed by atoms with Crippen LogP contribution in [0.5, 0.6) is 5.75 Å². The van der Waals surface area contributed by atoms with Gasteiger partial charge in [0, 0.05) is 34.7 Å². The van der Waals surface area contributed by atoms with Crippen LogP contribution in [0.25, 0.3) is 21.2 Å². The second kappa shape index (κ2) is 8.01. The molecule has 5 rings (SSSR count). The van der Waals surface area contributed by atoms with Crippen molar-refractivity contribution in [1.82, 2.24) is 9.55 Å². The van der Waals surface area contributed by atoms with Crippen molar-refractivity contribution in [2.24, 2.45) is 0 Å². The Balaban J connectivity index is 1.59. The molecule has 0 aliphatic heterocycles. The van der Waals surface area contributed by atoms with Crippen LogP contribution in [0, 0.1) is 0 Å². The predicted octanol–water partition coefficient (Wildman–Crippen LogP) is 4.63. The molecule has 0 bridgehead atoms. The number of thioether (sulfide) groups is 1. The van der Waals surface area contributed by atoms with Crippen molar-refractivity contribution in [2.45, 2.75) is 43.1 Å². The highest BCUT2D eigenvalue weighted by atomic mass is 32.2. The Morgan fingerprint density at radius 3 is 2.94 bits per heavy atom. The third-order valence-corrected chi connectivity index (χ3v) is 7.73. The molecule has 1 aromatic carbocycles. The molecule has 0 atom stereocenters. The van der Waals surface area contributed by atoms with Crippen LogP contribution in [0.3, 0.4) is 0 Å². The zero-order valence-corrected chi connectivity index (χ0v) is 18.4. The number of fused-ring (bicyclic) bond motifs is 4. The predicted molar refractivity (Wildman–Crippen MR) is 124 cm³/mol. The van der Waals surface area contributed by atoms with Crippen molar-refractivity contribution in [3.8, 4) is 5.75 Å². The van der Waals surface area contributed by atoms with Gasteiger partial charge in [-0.25, -0.2) is 9.78 Å². The molecule has 8 heteroatoms. The van der Waals surface area contributed by atoms with E-state index in [9.17, 15) is 14.7 Å². The van der Waals surface area contributed by atoms with Gasteiger partial charge in [0.1, 0.15) is 16.2 Å². The van der Waals surface area contributed by atoms with Crippen LogP contribution in [0.15, 0.2) is 56.1 Å². The summed E-state index contributed by atoms with van der Waals surface area (Å²) in [5.41, 5.74) is 1.77. The number of allylic oxidation sites excluding steroid dienone is 1.